The molecule has 2 aliphatic rings. The van der Waals surface area contributed by atoms with Crippen molar-refractivity contribution < 1.29 is 65.2 Å². The van der Waals surface area contributed by atoms with E-state index in [1.807, 2.05) is 11.9 Å². The van der Waals surface area contributed by atoms with Crippen molar-refractivity contribution in [3.05, 3.63) is 44.1 Å². The van der Waals surface area contributed by atoms with Crippen molar-refractivity contribution in [3.8, 4) is 11.5 Å². The van der Waals surface area contributed by atoms with Crippen LogP contribution < -0.4 is 40.8 Å². The molecule has 1 aromatic carbocycles. The van der Waals surface area contributed by atoms with Gasteiger partial charge in [0.05, 0.1) is 24.2 Å². The van der Waals surface area contributed by atoms with Gasteiger partial charge < -0.3 is 31.1 Å². The van der Waals surface area contributed by atoms with Crippen LogP contribution in [0.2, 0.25) is 0 Å². The Morgan fingerprint density at radius 2 is 1.81 bits per heavy atom. The summed E-state index contributed by atoms with van der Waals surface area (Å²) in [5.41, 5.74) is 0.272. The summed E-state index contributed by atoms with van der Waals surface area (Å²) in [6.07, 6.45) is -5.46. The molecule has 0 saturated carbocycles. The van der Waals surface area contributed by atoms with E-state index in [1.54, 1.807) is 19.1 Å². The number of rotatable bonds is 7. The number of hydrogen-bond acceptors (Lipinski definition) is 9. The Bertz CT molecular complexity index is 1260. The van der Waals surface area contributed by atoms with E-state index in [0.717, 1.165) is 11.1 Å². The molecular weight excluding hydrogens is 458 g/mol. The number of nitrogens with one attached hydrogen (secondary N) is 1. The van der Waals surface area contributed by atoms with Gasteiger partial charge in [-0.2, -0.15) is 4.98 Å². The number of aromatic nitrogens is 4. The topological polar surface area (TPSA) is 208 Å². The summed E-state index contributed by atoms with van der Waals surface area (Å²) in [6.45, 7) is 2.15. The van der Waals surface area contributed by atoms with Crippen LogP contribution in [-0.4, -0.2) is 69.5 Å². The zero-order valence-corrected chi connectivity index (χ0v) is 20.4. The van der Waals surface area contributed by atoms with Crippen LogP contribution in [0.1, 0.15) is 12.6 Å². The second kappa shape index (κ2) is 10.2. The number of aryl methyl sites for hydroxylation is 2. The number of aromatic amines is 1. The molecule has 3 atom stereocenters. The molecule has 170 valence electrons. The van der Waals surface area contributed by atoms with Gasteiger partial charge in [0, 0.05) is 0 Å². The fourth-order valence-electron chi connectivity index (χ4n) is 3.15. The summed E-state index contributed by atoms with van der Waals surface area (Å²) in [5, 5.41) is 29.2. The van der Waals surface area contributed by atoms with Gasteiger partial charge in [0.2, 0.25) is 0 Å². The molecule has 0 aromatic heterocycles. The van der Waals surface area contributed by atoms with Crippen molar-refractivity contribution >= 4 is 18.9 Å². The van der Waals surface area contributed by atoms with Crippen molar-refractivity contribution in [2.24, 2.45) is 0 Å². The van der Waals surface area contributed by atoms with Crippen LogP contribution in [-0.2, 0) is 15.6 Å². The molecule has 3 rings (SSSR count). The molecule has 0 bridgehead atoms. The van der Waals surface area contributed by atoms with Gasteiger partial charge in [0.1, 0.15) is 18.3 Å². The summed E-state index contributed by atoms with van der Waals surface area (Å²) >= 11 is 0. The Hall–Kier alpha value is -1.51. The Kier molecular flexibility index (Phi) is 8.51. The largest absolute Gasteiger partial charge is 1.00 e. The zero-order chi connectivity index (χ0) is 23.1. The van der Waals surface area contributed by atoms with Crippen molar-refractivity contribution in [3.63, 3.8) is 0 Å². The van der Waals surface area contributed by atoms with Crippen molar-refractivity contribution in [1.29, 1.82) is 0 Å². The predicted octanol–water partition coefficient (Wildman–Crippen LogP) is -4.49. The third-order valence-corrected chi connectivity index (χ3v) is 5.37. The van der Waals surface area contributed by atoms with Gasteiger partial charge in [0.25, 0.3) is 5.56 Å². The average molecular weight is 480 g/mol. The monoisotopic (exact) mass is 480 g/mol. The second-order valence-corrected chi connectivity index (χ2v) is 8.26. The van der Waals surface area contributed by atoms with Gasteiger partial charge in [-0.15, -0.1) is 0 Å². The molecule has 0 unspecified atom stereocenters. The number of hydrogen-bond donors (Lipinski definition) is 6. The smallest absolute Gasteiger partial charge is 1.00 e. The molecule has 0 fully saturated rings. The Morgan fingerprint density at radius 3 is 2.41 bits per heavy atom. The van der Waals surface area contributed by atoms with Gasteiger partial charge in [0.15, 0.2) is 11.5 Å². The van der Waals surface area contributed by atoms with Crippen molar-refractivity contribution in [2.75, 3.05) is 6.61 Å². The molecule has 0 radical (unpaired) electrons. The first-order valence-corrected chi connectivity index (χ1v) is 10.6. The molecule has 6 N–H and O–H groups in total. The minimum absolute atomic E-state index is 0. The van der Waals surface area contributed by atoms with Crippen LogP contribution in [0.4, 0.5) is 0 Å². The number of aliphatic hydroxyl groups excluding tert-OH is 3. The van der Waals surface area contributed by atoms with Crippen LogP contribution in [0.5, 0.6) is 0 Å². The quantitative estimate of drug-likeness (QED) is 0.108. The summed E-state index contributed by atoms with van der Waals surface area (Å²) in [7, 11) is -5.15. The third-order valence-electron chi connectivity index (χ3n) is 4.82. The number of fused-ring (bicyclic) bond motifs is 2. The van der Waals surface area contributed by atoms with E-state index >= 15 is 0 Å². The summed E-state index contributed by atoms with van der Waals surface area (Å²) in [6, 6.07) is 3.33. The Morgan fingerprint density at radius 1 is 1.19 bits per heavy atom. The summed E-state index contributed by atoms with van der Waals surface area (Å²) < 4.78 is 17.4. The number of benzene rings is 1. The van der Waals surface area contributed by atoms with Crippen LogP contribution >= 0.6 is 7.82 Å². The van der Waals surface area contributed by atoms with E-state index in [0.29, 0.717) is 11.0 Å². The van der Waals surface area contributed by atoms with Gasteiger partial charge in [-0.25, -0.2) is 14.3 Å². The first-order valence-electron chi connectivity index (χ1n) is 9.04. The molecule has 32 heavy (non-hydrogen) atoms. The molecule has 2 heterocycles. The van der Waals surface area contributed by atoms with E-state index < -0.39 is 50.5 Å². The molecule has 1 aromatic rings. The van der Waals surface area contributed by atoms with Gasteiger partial charge in [-0.05, 0) is 37.1 Å². The van der Waals surface area contributed by atoms with E-state index in [2.05, 4.69) is 14.5 Å². The number of phosphoric acid groups is 1. The second-order valence-electron chi connectivity index (χ2n) is 7.07. The zero-order valence-electron chi connectivity index (χ0n) is 18.5. The van der Waals surface area contributed by atoms with E-state index in [9.17, 15) is 34.2 Å². The normalized spacial score (nSPS) is 14.8. The molecule has 2 aliphatic heterocycles. The SMILES string of the molecule is Cc1cc2nc3c(=O)[nH]c(=O)nc-3n(C[C@@H](OP(=O)(O)O)[C@@H](O)[C@@H](O)CO)c2cc1C.[H-].[Na+]. The van der Waals surface area contributed by atoms with Crippen LogP contribution in [0.25, 0.3) is 22.6 Å². The van der Waals surface area contributed by atoms with Crippen LogP contribution in [0, 0.1) is 13.8 Å². The predicted molar refractivity (Wildman–Crippen MR) is 108 cm³/mol. The number of aliphatic hydroxyl groups is 3. The molecule has 0 amide bonds. The molecule has 0 aliphatic carbocycles. The van der Waals surface area contributed by atoms with E-state index in [1.165, 1.54) is 4.57 Å². The number of nitrogens with zero attached hydrogens (tertiary/aromatic N) is 3. The Labute approximate surface area is 204 Å². The molecule has 15 heteroatoms. The third kappa shape index (κ3) is 5.69. The van der Waals surface area contributed by atoms with Gasteiger partial charge in [-0.1, -0.05) is 0 Å². The standard InChI is InChI=1S/C17H21N4O9P.Na.H/c1-7-3-9-10(4-8(7)2)21(15-13(18-9)16(25)20-17(26)19-15)5-12(30-31(27,28)29)14(24)11(23)6-22;;/h3-4,11-12,14,22-24H,5-6H2,1-2H3,(H,20,25,26)(H2,27,28,29);;/q;+1;-1/t11-,12+,14-;;/m0../s1. The van der Waals surface area contributed by atoms with Crippen LogP contribution in [0.15, 0.2) is 21.7 Å². The number of phosphoric ester groups is 1. The maximum Gasteiger partial charge on any atom is 1.00 e. The molecule has 0 spiro atoms. The minimum atomic E-state index is -5.15. The van der Waals surface area contributed by atoms with E-state index in [4.69, 9.17) is 5.11 Å². The molecular formula is C17H22N4NaO9P. The van der Waals surface area contributed by atoms with E-state index in [-0.39, 0.29) is 42.5 Å². The van der Waals surface area contributed by atoms with Gasteiger partial charge >= 0.3 is 43.1 Å². The Balaban J connectivity index is 0.00000272. The molecule has 0 saturated heterocycles. The summed E-state index contributed by atoms with van der Waals surface area (Å²) in [5.74, 6) is -0.213. The van der Waals surface area contributed by atoms with Gasteiger partial charge in [-0.3, -0.25) is 14.3 Å². The van der Waals surface area contributed by atoms with Crippen LogP contribution in [0.3, 0.4) is 0 Å². The molecule has 13 nitrogen and oxygen atoms in total. The van der Waals surface area contributed by atoms with Crippen molar-refractivity contribution in [1.82, 2.24) is 19.5 Å². The maximum absolute atomic E-state index is 12.3. The average Bonchev–Trinajstić information content (AvgIpc) is 2.67. The summed E-state index contributed by atoms with van der Waals surface area (Å²) in [4.78, 5) is 52.6. The first kappa shape index (κ1) is 26.7. The van der Waals surface area contributed by atoms with Crippen molar-refractivity contribution in [2.45, 2.75) is 38.7 Å². The minimum Gasteiger partial charge on any atom is -1.00 e. The number of H-pyrrole nitrogens is 1. The fraction of sp³-hybridized carbons (Fsp3) is 0.412. The first-order chi connectivity index (χ1) is 14.4. The maximum atomic E-state index is 12.3. The fourth-order valence-corrected chi connectivity index (χ4v) is 3.69.